The number of Topliss-reactive ketones (excluding diaryl/α,β-unsaturated/α-hetero) is 1. The van der Waals surface area contributed by atoms with E-state index in [0.717, 1.165) is 5.69 Å². The average molecular weight is 279 g/mol. The van der Waals surface area contributed by atoms with Crippen LogP contribution in [0.15, 0.2) is 18.2 Å². The molecule has 0 N–H and O–H groups in total. The summed E-state index contributed by atoms with van der Waals surface area (Å²) in [4.78, 5) is 14.0. The Morgan fingerprint density at radius 3 is 2.75 bits per heavy atom. The molecule has 0 aliphatic heterocycles. The van der Waals surface area contributed by atoms with Crippen LogP contribution in [-0.2, 0) is 4.74 Å². The van der Waals surface area contributed by atoms with Gasteiger partial charge in [0.05, 0.1) is 6.61 Å². The van der Waals surface area contributed by atoms with Gasteiger partial charge in [0.15, 0.2) is 5.78 Å². The highest BCUT2D eigenvalue weighted by atomic mass is 19.1. The third kappa shape index (κ3) is 3.37. The molecule has 2 rings (SSSR count). The van der Waals surface area contributed by atoms with Crippen molar-refractivity contribution in [2.45, 2.75) is 32.7 Å². The molecule has 0 aromatic heterocycles. The minimum atomic E-state index is -0.371. The number of rotatable bonds is 7. The second-order valence-corrected chi connectivity index (χ2v) is 5.48. The lowest BCUT2D eigenvalue weighted by Crippen LogP contribution is -2.38. The Hall–Kier alpha value is -1.42. The molecule has 4 heteroatoms. The van der Waals surface area contributed by atoms with Crippen molar-refractivity contribution in [3.8, 4) is 0 Å². The van der Waals surface area contributed by atoms with Gasteiger partial charge in [0.2, 0.25) is 0 Å². The Labute approximate surface area is 119 Å². The van der Waals surface area contributed by atoms with Crippen LogP contribution < -0.4 is 4.90 Å². The third-order valence-electron chi connectivity index (χ3n) is 3.98. The molecule has 1 aromatic rings. The molecule has 0 saturated heterocycles. The molecule has 1 fully saturated rings. The largest absolute Gasteiger partial charge is 0.383 e. The summed E-state index contributed by atoms with van der Waals surface area (Å²) in [5, 5.41) is 0. The lowest BCUT2D eigenvalue weighted by Gasteiger charge is -2.32. The van der Waals surface area contributed by atoms with Gasteiger partial charge >= 0.3 is 0 Å². The molecule has 110 valence electrons. The van der Waals surface area contributed by atoms with Crippen molar-refractivity contribution in [2.75, 3.05) is 25.2 Å². The fourth-order valence-corrected chi connectivity index (χ4v) is 2.61. The predicted octanol–water partition coefficient (Wildman–Crippen LogP) is 3.28. The Morgan fingerprint density at radius 1 is 1.50 bits per heavy atom. The van der Waals surface area contributed by atoms with E-state index >= 15 is 0 Å². The summed E-state index contributed by atoms with van der Waals surface area (Å²) >= 11 is 0. The number of hydrogen-bond donors (Lipinski definition) is 0. The van der Waals surface area contributed by atoms with E-state index in [9.17, 15) is 9.18 Å². The topological polar surface area (TPSA) is 29.5 Å². The van der Waals surface area contributed by atoms with Crippen molar-refractivity contribution < 1.29 is 13.9 Å². The Kier molecular flexibility index (Phi) is 4.76. The highest BCUT2D eigenvalue weighted by molar-refractivity contribution is 5.99. The van der Waals surface area contributed by atoms with E-state index in [1.165, 1.54) is 31.9 Å². The summed E-state index contributed by atoms with van der Waals surface area (Å²) < 4.78 is 18.6. The maximum atomic E-state index is 13.4. The Bertz CT molecular complexity index is 485. The summed E-state index contributed by atoms with van der Waals surface area (Å²) in [6.07, 6.45) is 2.45. The fraction of sp³-hybridized carbons (Fsp3) is 0.562. The molecule has 0 amide bonds. The van der Waals surface area contributed by atoms with Crippen molar-refractivity contribution in [1.29, 1.82) is 0 Å². The highest BCUT2D eigenvalue weighted by Gasteiger charge is 2.33. The molecule has 1 saturated carbocycles. The first-order valence-corrected chi connectivity index (χ1v) is 7.10. The van der Waals surface area contributed by atoms with Crippen molar-refractivity contribution in [3.05, 3.63) is 29.6 Å². The summed E-state index contributed by atoms with van der Waals surface area (Å²) in [6.45, 7) is 4.95. The molecule has 20 heavy (non-hydrogen) atoms. The van der Waals surface area contributed by atoms with E-state index in [1.807, 2.05) is 0 Å². The van der Waals surface area contributed by atoms with Gasteiger partial charge in [0, 0.05) is 30.9 Å². The van der Waals surface area contributed by atoms with Crippen LogP contribution in [0.1, 0.15) is 37.0 Å². The van der Waals surface area contributed by atoms with Gasteiger partial charge in [0.1, 0.15) is 5.82 Å². The zero-order chi connectivity index (χ0) is 14.7. The van der Waals surface area contributed by atoms with Crippen molar-refractivity contribution >= 4 is 11.5 Å². The number of ketones is 1. The van der Waals surface area contributed by atoms with Crippen LogP contribution in [0.5, 0.6) is 0 Å². The lowest BCUT2D eigenvalue weighted by atomic mass is 10.0. The van der Waals surface area contributed by atoms with Crippen LogP contribution in [0.4, 0.5) is 10.1 Å². The van der Waals surface area contributed by atoms with Crippen LogP contribution in [-0.4, -0.2) is 32.1 Å². The fourth-order valence-electron chi connectivity index (χ4n) is 2.61. The predicted molar refractivity (Wildman–Crippen MR) is 77.8 cm³/mol. The smallest absolute Gasteiger partial charge is 0.161 e. The minimum Gasteiger partial charge on any atom is -0.383 e. The van der Waals surface area contributed by atoms with Crippen molar-refractivity contribution in [2.24, 2.45) is 5.92 Å². The van der Waals surface area contributed by atoms with Gasteiger partial charge in [-0.05, 0) is 50.8 Å². The molecule has 3 nitrogen and oxygen atoms in total. The zero-order valence-corrected chi connectivity index (χ0v) is 12.4. The van der Waals surface area contributed by atoms with Crippen LogP contribution in [0, 0.1) is 11.7 Å². The van der Waals surface area contributed by atoms with Crippen molar-refractivity contribution in [1.82, 2.24) is 0 Å². The van der Waals surface area contributed by atoms with Gasteiger partial charge in [-0.2, -0.15) is 0 Å². The SMILES string of the molecule is COCCN(c1ccc(F)cc1C(C)=O)C(C)C1CC1. The maximum Gasteiger partial charge on any atom is 0.161 e. The molecule has 1 unspecified atom stereocenters. The molecule has 0 radical (unpaired) electrons. The van der Waals surface area contributed by atoms with E-state index in [2.05, 4.69) is 11.8 Å². The van der Waals surface area contributed by atoms with Gasteiger partial charge in [-0.15, -0.1) is 0 Å². The first-order valence-electron chi connectivity index (χ1n) is 7.10. The van der Waals surface area contributed by atoms with E-state index < -0.39 is 0 Å². The molecule has 1 atom stereocenters. The van der Waals surface area contributed by atoms with Crippen LogP contribution in [0.2, 0.25) is 0 Å². The van der Waals surface area contributed by atoms with E-state index in [-0.39, 0.29) is 11.6 Å². The number of hydrogen-bond acceptors (Lipinski definition) is 3. The second kappa shape index (κ2) is 6.35. The van der Waals surface area contributed by atoms with Crippen LogP contribution in [0.3, 0.4) is 0 Å². The van der Waals surface area contributed by atoms with Gasteiger partial charge < -0.3 is 9.64 Å². The standard InChI is InChI=1S/C16H22FNO2/c1-11(13-4-5-13)18(8-9-20-3)16-7-6-14(17)10-15(16)12(2)19/h6-7,10-11,13H,4-5,8-9H2,1-3H3. The molecule has 0 spiro atoms. The Balaban J connectivity index is 2.33. The lowest BCUT2D eigenvalue weighted by molar-refractivity contribution is 0.101. The van der Waals surface area contributed by atoms with Gasteiger partial charge in [-0.25, -0.2) is 4.39 Å². The zero-order valence-electron chi connectivity index (χ0n) is 12.4. The van der Waals surface area contributed by atoms with E-state index in [0.29, 0.717) is 30.7 Å². The summed E-state index contributed by atoms with van der Waals surface area (Å²) in [5.74, 6) is 0.186. The molecule has 1 aliphatic carbocycles. The average Bonchev–Trinajstić information content (AvgIpc) is 3.24. The molecule has 1 aromatic carbocycles. The van der Waals surface area contributed by atoms with Crippen LogP contribution in [0.25, 0.3) is 0 Å². The summed E-state index contributed by atoms with van der Waals surface area (Å²) in [5.41, 5.74) is 1.27. The summed E-state index contributed by atoms with van der Waals surface area (Å²) in [6, 6.07) is 4.80. The third-order valence-corrected chi connectivity index (χ3v) is 3.98. The minimum absolute atomic E-state index is 0.107. The quantitative estimate of drug-likeness (QED) is 0.717. The number of benzene rings is 1. The van der Waals surface area contributed by atoms with Gasteiger partial charge in [0.25, 0.3) is 0 Å². The molecule has 0 heterocycles. The Morgan fingerprint density at radius 2 is 2.20 bits per heavy atom. The number of carbonyl (C=O) groups excluding carboxylic acids is 1. The van der Waals surface area contributed by atoms with Gasteiger partial charge in [-0.3, -0.25) is 4.79 Å². The normalized spacial score (nSPS) is 16.0. The highest BCUT2D eigenvalue weighted by Crippen LogP contribution is 2.37. The molecular formula is C16H22FNO2. The number of halogens is 1. The number of methoxy groups -OCH3 is 1. The van der Waals surface area contributed by atoms with E-state index in [4.69, 9.17) is 4.74 Å². The maximum absolute atomic E-state index is 13.4. The first-order chi connectivity index (χ1) is 9.54. The van der Waals surface area contributed by atoms with Gasteiger partial charge in [-0.1, -0.05) is 0 Å². The molecular weight excluding hydrogens is 257 g/mol. The summed E-state index contributed by atoms with van der Waals surface area (Å²) in [7, 11) is 1.66. The second-order valence-electron chi connectivity index (χ2n) is 5.48. The van der Waals surface area contributed by atoms with Crippen LogP contribution >= 0.6 is 0 Å². The number of nitrogens with zero attached hydrogens (tertiary/aromatic N) is 1. The molecule has 1 aliphatic rings. The number of ether oxygens (including phenoxy) is 1. The number of anilines is 1. The molecule has 0 bridgehead atoms. The monoisotopic (exact) mass is 279 g/mol. The first kappa shape index (κ1) is 15.0. The van der Waals surface area contributed by atoms with E-state index in [1.54, 1.807) is 13.2 Å². The van der Waals surface area contributed by atoms with Crippen molar-refractivity contribution in [3.63, 3.8) is 0 Å². The number of carbonyl (C=O) groups is 1.